The van der Waals surface area contributed by atoms with Crippen molar-refractivity contribution in [1.82, 2.24) is 15.2 Å². The van der Waals surface area contributed by atoms with Crippen LogP contribution in [0.2, 0.25) is 0 Å². The van der Waals surface area contributed by atoms with Crippen LogP contribution in [0.25, 0.3) is 0 Å². The van der Waals surface area contributed by atoms with Crippen LogP contribution in [0.1, 0.15) is 10.9 Å². The molecule has 0 bridgehead atoms. The van der Waals surface area contributed by atoms with Gasteiger partial charge in [-0.1, -0.05) is 6.07 Å². The van der Waals surface area contributed by atoms with E-state index in [0.29, 0.717) is 42.4 Å². The molecule has 0 aliphatic carbocycles. The van der Waals surface area contributed by atoms with Crippen molar-refractivity contribution in [2.24, 2.45) is 0 Å². The predicted molar refractivity (Wildman–Crippen MR) is 102 cm³/mol. The number of carbonyl (C=O) groups excluding carboxylic acids is 1. The number of rotatable bonds is 5. The minimum Gasteiger partial charge on any atom is -0.493 e. The SMILES string of the molecule is COc1ccc(C2SCC(=O)N2c2nc(N3CCOCC3)n[nH]2)cc1OC. The molecule has 27 heavy (non-hydrogen) atoms. The molecule has 3 heterocycles. The maximum atomic E-state index is 12.5. The molecule has 2 aliphatic rings. The van der Waals surface area contributed by atoms with E-state index in [1.807, 2.05) is 23.1 Å². The van der Waals surface area contributed by atoms with E-state index in [9.17, 15) is 4.79 Å². The monoisotopic (exact) mass is 391 g/mol. The molecule has 0 radical (unpaired) electrons. The van der Waals surface area contributed by atoms with Crippen molar-refractivity contribution in [3.8, 4) is 11.5 Å². The third-order valence-electron chi connectivity index (χ3n) is 4.54. The number of H-pyrrole nitrogens is 1. The van der Waals surface area contributed by atoms with Gasteiger partial charge in [0, 0.05) is 13.1 Å². The van der Waals surface area contributed by atoms with Crippen LogP contribution in [0.3, 0.4) is 0 Å². The fourth-order valence-electron chi connectivity index (χ4n) is 3.16. The summed E-state index contributed by atoms with van der Waals surface area (Å²) in [5.41, 5.74) is 0.938. The number of amides is 1. The highest BCUT2D eigenvalue weighted by Crippen LogP contribution is 2.43. The van der Waals surface area contributed by atoms with Crippen molar-refractivity contribution in [2.75, 3.05) is 56.1 Å². The van der Waals surface area contributed by atoms with Gasteiger partial charge < -0.3 is 19.1 Å². The van der Waals surface area contributed by atoms with Gasteiger partial charge in [0.05, 0.1) is 33.2 Å². The summed E-state index contributed by atoms with van der Waals surface area (Å²) in [6.45, 7) is 2.77. The molecule has 2 aromatic rings. The molecule has 10 heteroatoms. The molecule has 2 fully saturated rings. The Morgan fingerprint density at radius 3 is 2.74 bits per heavy atom. The molecule has 1 atom stereocenters. The smallest absolute Gasteiger partial charge is 0.246 e. The molecule has 9 nitrogen and oxygen atoms in total. The van der Waals surface area contributed by atoms with E-state index in [4.69, 9.17) is 14.2 Å². The maximum absolute atomic E-state index is 12.5. The van der Waals surface area contributed by atoms with Crippen molar-refractivity contribution in [1.29, 1.82) is 0 Å². The van der Waals surface area contributed by atoms with E-state index in [2.05, 4.69) is 15.2 Å². The van der Waals surface area contributed by atoms with Crippen molar-refractivity contribution in [2.45, 2.75) is 5.37 Å². The van der Waals surface area contributed by atoms with Crippen molar-refractivity contribution in [3.63, 3.8) is 0 Å². The first kappa shape index (κ1) is 17.9. The molecule has 144 valence electrons. The lowest BCUT2D eigenvalue weighted by atomic mass is 10.2. The Bertz CT molecular complexity index is 823. The number of anilines is 2. The molecule has 1 N–H and O–H groups in total. The Balaban J connectivity index is 1.61. The topological polar surface area (TPSA) is 92.8 Å². The third-order valence-corrected chi connectivity index (χ3v) is 5.76. The van der Waals surface area contributed by atoms with E-state index in [1.54, 1.807) is 30.9 Å². The summed E-state index contributed by atoms with van der Waals surface area (Å²) >= 11 is 1.54. The Hall–Kier alpha value is -2.46. The van der Waals surface area contributed by atoms with Crippen LogP contribution in [0, 0.1) is 0 Å². The molecule has 1 aromatic heterocycles. The summed E-state index contributed by atoms with van der Waals surface area (Å²) in [5.74, 6) is 2.68. The zero-order valence-corrected chi connectivity index (χ0v) is 16.0. The molecule has 4 rings (SSSR count). The van der Waals surface area contributed by atoms with Crippen molar-refractivity contribution < 1.29 is 19.0 Å². The molecule has 1 unspecified atom stereocenters. The summed E-state index contributed by atoms with van der Waals surface area (Å²) in [6, 6.07) is 5.67. The quantitative estimate of drug-likeness (QED) is 0.818. The lowest BCUT2D eigenvalue weighted by molar-refractivity contribution is -0.115. The second-order valence-electron chi connectivity index (χ2n) is 6.10. The standard InChI is InChI=1S/C17H21N5O4S/c1-24-12-4-3-11(9-13(12)25-2)15-22(14(23)10-27-15)17-18-16(19-20-17)21-5-7-26-8-6-21/h3-4,9,15H,5-8,10H2,1-2H3,(H,18,19,20). The number of aromatic amines is 1. The van der Waals surface area contributed by atoms with Crippen LogP contribution in [0.4, 0.5) is 11.9 Å². The summed E-state index contributed by atoms with van der Waals surface area (Å²) < 4.78 is 16.1. The largest absolute Gasteiger partial charge is 0.493 e. The molecule has 0 saturated carbocycles. The normalized spacial score (nSPS) is 20.2. The molecular weight excluding hydrogens is 370 g/mol. The second kappa shape index (κ2) is 7.65. The predicted octanol–water partition coefficient (Wildman–Crippen LogP) is 1.44. The second-order valence-corrected chi connectivity index (χ2v) is 7.17. The van der Waals surface area contributed by atoms with Crippen LogP contribution in [-0.2, 0) is 9.53 Å². The maximum Gasteiger partial charge on any atom is 0.246 e. The number of hydrogen-bond donors (Lipinski definition) is 1. The summed E-state index contributed by atoms with van der Waals surface area (Å²) in [4.78, 5) is 20.8. The van der Waals surface area contributed by atoms with Gasteiger partial charge >= 0.3 is 0 Å². The van der Waals surface area contributed by atoms with Gasteiger partial charge in [-0.2, -0.15) is 4.98 Å². The van der Waals surface area contributed by atoms with Gasteiger partial charge in [0.15, 0.2) is 11.5 Å². The number of methoxy groups -OCH3 is 2. The number of nitrogens with zero attached hydrogens (tertiary/aromatic N) is 4. The molecule has 1 aromatic carbocycles. The lowest BCUT2D eigenvalue weighted by Crippen LogP contribution is -2.37. The molecule has 2 aliphatic heterocycles. The van der Waals surface area contributed by atoms with Gasteiger partial charge in [0.25, 0.3) is 0 Å². The van der Waals surface area contributed by atoms with E-state index < -0.39 is 0 Å². The van der Waals surface area contributed by atoms with E-state index in [-0.39, 0.29) is 11.3 Å². The number of aromatic nitrogens is 3. The number of morpholine rings is 1. The van der Waals surface area contributed by atoms with Crippen molar-refractivity contribution >= 4 is 29.6 Å². The average Bonchev–Trinajstić information content (AvgIpc) is 3.34. The zero-order chi connectivity index (χ0) is 18.8. The van der Waals surface area contributed by atoms with Crippen molar-refractivity contribution in [3.05, 3.63) is 23.8 Å². The van der Waals surface area contributed by atoms with E-state index >= 15 is 0 Å². The van der Waals surface area contributed by atoms with Gasteiger partial charge in [-0.15, -0.1) is 16.9 Å². The Labute approximate surface area is 161 Å². The Morgan fingerprint density at radius 1 is 1.22 bits per heavy atom. The first-order valence-electron chi connectivity index (χ1n) is 8.62. The molecule has 2 saturated heterocycles. The number of benzene rings is 1. The van der Waals surface area contributed by atoms with Crippen LogP contribution >= 0.6 is 11.8 Å². The average molecular weight is 391 g/mol. The van der Waals surface area contributed by atoms with Crippen LogP contribution in [0.15, 0.2) is 18.2 Å². The minimum atomic E-state index is -0.206. The summed E-state index contributed by atoms with van der Waals surface area (Å²) in [7, 11) is 3.19. The zero-order valence-electron chi connectivity index (χ0n) is 15.2. The van der Waals surface area contributed by atoms with Gasteiger partial charge in [-0.05, 0) is 17.7 Å². The van der Waals surface area contributed by atoms with Gasteiger partial charge in [0.2, 0.25) is 17.8 Å². The number of hydrogen-bond acceptors (Lipinski definition) is 8. The van der Waals surface area contributed by atoms with Gasteiger partial charge in [-0.25, -0.2) is 5.10 Å². The van der Waals surface area contributed by atoms with E-state index in [0.717, 1.165) is 18.7 Å². The van der Waals surface area contributed by atoms with Crippen LogP contribution < -0.4 is 19.3 Å². The number of nitrogens with one attached hydrogen (secondary N) is 1. The first-order valence-corrected chi connectivity index (χ1v) is 9.67. The summed E-state index contributed by atoms with van der Waals surface area (Å²) in [6.07, 6.45) is 0. The molecule has 0 spiro atoms. The minimum absolute atomic E-state index is 0.00976. The number of ether oxygens (including phenoxy) is 3. The highest BCUT2D eigenvalue weighted by atomic mass is 32.2. The third kappa shape index (κ3) is 3.42. The fraction of sp³-hybridized carbons (Fsp3) is 0.471. The first-order chi connectivity index (χ1) is 13.2. The Kier molecular flexibility index (Phi) is 5.08. The highest BCUT2D eigenvalue weighted by molar-refractivity contribution is 8.00. The Morgan fingerprint density at radius 2 is 2.00 bits per heavy atom. The summed E-state index contributed by atoms with van der Waals surface area (Å²) in [5, 5.41) is 7.01. The molecular formula is C17H21N5O4S. The number of carbonyl (C=O) groups is 1. The number of thioether (sulfide) groups is 1. The van der Waals surface area contributed by atoms with Crippen LogP contribution in [-0.4, -0.2) is 67.4 Å². The highest BCUT2D eigenvalue weighted by Gasteiger charge is 2.37. The van der Waals surface area contributed by atoms with E-state index in [1.165, 1.54) is 0 Å². The fourth-order valence-corrected chi connectivity index (χ4v) is 4.31. The lowest BCUT2D eigenvalue weighted by Gasteiger charge is -2.25. The van der Waals surface area contributed by atoms with Gasteiger partial charge in [-0.3, -0.25) is 9.69 Å². The molecule has 1 amide bonds. The van der Waals surface area contributed by atoms with Gasteiger partial charge in [0.1, 0.15) is 5.37 Å². The van der Waals surface area contributed by atoms with Crippen LogP contribution in [0.5, 0.6) is 11.5 Å².